The highest BCUT2D eigenvalue weighted by Gasteiger charge is 2.21. The van der Waals surface area contributed by atoms with Crippen LogP contribution in [0, 0.1) is 5.82 Å². The third-order valence-corrected chi connectivity index (χ3v) is 5.80. The molecule has 24 heavy (non-hydrogen) atoms. The maximum absolute atomic E-state index is 13.6. The van der Waals surface area contributed by atoms with E-state index in [0.717, 1.165) is 29.9 Å². The molecule has 1 aliphatic rings. The number of hydrogen-bond acceptors (Lipinski definition) is 4. The Morgan fingerprint density at radius 1 is 1.42 bits per heavy atom. The van der Waals surface area contributed by atoms with E-state index in [1.807, 2.05) is 6.92 Å². The van der Waals surface area contributed by atoms with Crippen LogP contribution in [-0.4, -0.2) is 16.1 Å². The molecule has 0 amide bonds. The normalized spacial score (nSPS) is 15.5. The van der Waals surface area contributed by atoms with Crippen molar-refractivity contribution in [2.45, 2.75) is 25.9 Å². The summed E-state index contributed by atoms with van der Waals surface area (Å²) in [7, 11) is 0. The standard InChI is InChI=1S/C17H15ClFN3OS/c1-9(10-4-11(18)6-12(19)5-10)22-8-21-16-15(17(22)23)13-2-3-20-7-14(13)24-16/h4-6,8-9,20H,2-3,7H2,1H3/t9-/m1/s1. The minimum Gasteiger partial charge on any atom is -0.312 e. The second kappa shape index (κ2) is 5.95. The fourth-order valence-electron chi connectivity index (χ4n) is 3.18. The van der Waals surface area contributed by atoms with E-state index in [-0.39, 0.29) is 11.6 Å². The van der Waals surface area contributed by atoms with Gasteiger partial charge >= 0.3 is 0 Å². The van der Waals surface area contributed by atoms with Crippen LogP contribution in [0.25, 0.3) is 10.2 Å². The molecular weight excluding hydrogens is 349 g/mol. The monoisotopic (exact) mass is 363 g/mol. The van der Waals surface area contributed by atoms with Crippen molar-refractivity contribution < 1.29 is 4.39 Å². The van der Waals surface area contributed by atoms with Gasteiger partial charge in [-0.25, -0.2) is 9.37 Å². The maximum atomic E-state index is 13.6. The summed E-state index contributed by atoms with van der Waals surface area (Å²) in [6.07, 6.45) is 2.37. The molecule has 1 aromatic carbocycles. The first-order chi connectivity index (χ1) is 11.5. The van der Waals surface area contributed by atoms with Crippen molar-refractivity contribution in [3.05, 3.63) is 61.7 Å². The van der Waals surface area contributed by atoms with Crippen LogP contribution >= 0.6 is 22.9 Å². The third kappa shape index (κ3) is 2.55. The average molecular weight is 364 g/mol. The molecule has 3 aromatic rings. The summed E-state index contributed by atoms with van der Waals surface area (Å²) in [5, 5.41) is 4.33. The number of nitrogens with zero attached hydrogens (tertiary/aromatic N) is 2. The van der Waals surface area contributed by atoms with E-state index in [4.69, 9.17) is 11.6 Å². The van der Waals surface area contributed by atoms with Gasteiger partial charge in [-0.15, -0.1) is 11.3 Å². The van der Waals surface area contributed by atoms with Gasteiger partial charge in [0, 0.05) is 16.4 Å². The molecule has 0 saturated carbocycles. The zero-order valence-electron chi connectivity index (χ0n) is 13.0. The van der Waals surface area contributed by atoms with Crippen LogP contribution in [0.5, 0.6) is 0 Å². The van der Waals surface area contributed by atoms with Gasteiger partial charge < -0.3 is 5.32 Å². The summed E-state index contributed by atoms with van der Waals surface area (Å²) < 4.78 is 15.2. The summed E-state index contributed by atoms with van der Waals surface area (Å²) in [6.45, 7) is 3.49. The number of halogens is 2. The highest BCUT2D eigenvalue weighted by atomic mass is 35.5. The highest BCUT2D eigenvalue weighted by Crippen LogP contribution is 2.30. The molecule has 0 bridgehead atoms. The molecule has 2 aromatic heterocycles. The average Bonchev–Trinajstić information content (AvgIpc) is 2.93. The lowest BCUT2D eigenvalue weighted by atomic mass is 10.1. The number of nitrogens with one attached hydrogen (secondary N) is 1. The van der Waals surface area contributed by atoms with Gasteiger partial charge in [-0.3, -0.25) is 9.36 Å². The molecule has 0 aliphatic carbocycles. The van der Waals surface area contributed by atoms with Gasteiger partial charge in [0.2, 0.25) is 0 Å². The second-order valence-electron chi connectivity index (χ2n) is 5.95. The quantitative estimate of drug-likeness (QED) is 0.758. The molecule has 0 saturated heterocycles. The predicted octanol–water partition coefficient (Wildman–Crippen LogP) is 3.51. The molecular formula is C17H15ClFN3OS. The van der Waals surface area contributed by atoms with Crippen LogP contribution in [-0.2, 0) is 13.0 Å². The van der Waals surface area contributed by atoms with E-state index < -0.39 is 5.82 Å². The summed E-state index contributed by atoms with van der Waals surface area (Å²) in [5.74, 6) is -0.412. The van der Waals surface area contributed by atoms with Crippen LogP contribution in [0.3, 0.4) is 0 Å². The Bertz CT molecular complexity index is 977. The van der Waals surface area contributed by atoms with Crippen LogP contribution in [0.4, 0.5) is 4.39 Å². The molecule has 1 aliphatic heterocycles. The number of aromatic nitrogens is 2. The Hall–Kier alpha value is -1.76. The topological polar surface area (TPSA) is 46.9 Å². The Balaban J connectivity index is 1.87. The lowest BCUT2D eigenvalue weighted by Crippen LogP contribution is -2.26. The van der Waals surface area contributed by atoms with Gasteiger partial charge in [0.15, 0.2) is 0 Å². The zero-order valence-corrected chi connectivity index (χ0v) is 14.5. The molecule has 1 N–H and O–H groups in total. The van der Waals surface area contributed by atoms with Gasteiger partial charge in [-0.2, -0.15) is 0 Å². The van der Waals surface area contributed by atoms with E-state index in [9.17, 15) is 9.18 Å². The van der Waals surface area contributed by atoms with Crippen molar-refractivity contribution in [3.63, 3.8) is 0 Å². The molecule has 3 heterocycles. The lowest BCUT2D eigenvalue weighted by molar-refractivity contribution is 0.589. The first kappa shape index (κ1) is 15.7. The minimum absolute atomic E-state index is 0.0766. The van der Waals surface area contributed by atoms with Crippen molar-refractivity contribution in [1.82, 2.24) is 14.9 Å². The summed E-state index contributed by atoms with van der Waals surface area (Å²) in [4.78, 5) is 19.4. The molecule has 7 heteroatoms. The Morgan fingerprint density at radius 3 is 3.04 bits per heavy atom. The second-order valence-corrected chi connectivity index (χ2v) is 7.47. The zero-order chi connectivity index (χ0) is 16.8. The Morgan fingerprint density at radius 2 is 2.25 bits per heavy atom. The first-order valence-corrected chi connectivity index (χ1v) is 8.92. The molecule has 0 fully saturated rings. The molecule has 124 valence electrons. The van der Waals surface area contributed by atoms with Crippen LogP contribution in [0.2, 0.25) is 5.02 Å². The van der Waals surface area contributed by atoms with Crippen LogP contribution < -0.4 is 10.9 Å². The molecule has 0 radical (unpaired) electrons. The fraction of sp³-hybridized carbons (Fsp3) is 0.294. The van der Waals surface area contributed by atoms with E-state index in [1.54, 1.807) is 28.3 Å². The predicted molar refractivity (Wildman–Crippen MR) is 94.5 cm³/mol. The van der Waals surface area contributed by atoms with Gasteiger partial charge in [0.25, 0.3) is 5.56 Å². The number of hydrogen-bond donors (Lipinski definition) is 1. The summed E-state index contributed by atoms with van der Waals surface area (Å²) >= 11 is 7.51. The van der Waals surface area contributed by atoms with Gasteiger partial charge in [0.1, 0.15) is 10.6 Å². The smallest absolute Gasteiger partial charge is 0.262 e. The van der Waals surface area contributed by atoms with Crippen molar-refractivity contribution >= 4 is 33.2 Å². The molecule has 0 spiro atoms. The maximum Gasteiger partial charge on any atom is 0.262 e. The SMILES string of the molecule is C[C@H](c1cc(F)cc(Cl)c1)n1cnc2sc3c(c2c1=O)CCNC3. The number of benzene rings is 1. The van der Waals surface area contributed by atoms with E-state index in [1.165, 1.54) is 17.0 Å². The van der Waals surface area contributed by atoms with Crippen LogP contribution in [0.15, 0.2) is 29.3 Å². The molecule has 4 rings (SSSR count). The number of thiophene rings is 1. The summed E-state index contributed by atoms with van der Waals surface area (Å²) in [5.41, 5.74) is 1.67. The van der Waals surface area contributed by atoms with Crippen molar-refractivity contribution in [2.75, 3.05) is 6.54 Å². The number of rotatable bonds is 2. The van der Waals surface area contributed by atoms with Crippen molar-refractivity contribution in [1.29, 1.82) is 0 Å². The van der Waals surface area contributed by atoms with E-state index in [0.29, 0.717) is 16.0 Å². The molecule has 0 unspecified atom stereocenters. The van der Waals surface area contributed by atoms with Gasteiger partial charge in [-0.05, 0) is 49.2 Å². The highest BCUT2D eigenvalue weighted by molar-refractivity contribution is 7.18. The fourth-order valence-corrected chi connectivity index (χ4v) is 4.56. The summed E-state index contributed by atoms with van der Waals surface area (Å²) in [6, 6.07) is 3.99. The van der Waals surface area contributed by atoms with E-state index >= 15 is 0 Å². The Kier molecular flexibility index (Phi) is 3.90. The largest absolute Gasteiger partial charge is 0.312 e. The van der Waals surface area contributed by atoms with Crippen LogP contribution in [0.1, 0.15) is 29.0 Å². The Labute approximate surface area is 146 Å². The van der Waals surface area contributed by atoms with Gasteiger partial charge in [0.05, 0.1) is 17.8 Å². The first-order valence-electron chi connectivity index (χ1n) is 7.72. The van der Waals surface area contributed by atoms with E-state index in [2.05, 4.69) is 10.3 Å². The van der Waals surface area contributed by atoms with Crippen molar-refractivity contribution in [2.24, 2.45) is 0 Å². The number of fused-ring (bicyclic) bond motifs is 3. The minimum atomic E-state index is -0.412. The van der Waals surface area contributed by atoms with Crippen molar-refractivity contribution in [3.8, 4) is 0 Å². The van der Waals surface area contributed by atoms with Gasteiger partial charge in [-0.1, -0.05) is 11.6 Å². The molecule has 4 nitrogen and oxygen atoms in total. The molecule has 1 atom stereocenters. The lowest BCUT2D eigenvalue weighted by Gasteiger charge is -2.16. The third-order valence-electron chi connectivity index (χ3n) is 4.44.